The molecule has 0 aliphatic carbocycles. The van der Waals surface area contributed by atoms with Crippen molar-refractivity contribution >= 4 is 22.5 Å². The molecule has 2 aromatic rings. The predicted octanol–water partition coefficient (Wildman–Crippen LogP) is 3.48. The van der Waals surface area contributed by atoms with E-state index in [4.69, 9.17) is 11.6 Å². The van der Waals surface area contributed by atoms with Gasteiger partial charge in [0.2, 0.25) is 5.28 Å². The lowest BCUT2D eigenvalue weighted by molar-refractivity contribution is 0.638. The zero-order valence-electron chi connectivity index (χ0n) is 8.87. The molecule has 2 nitrogen and oxygen atoms in total. The van der Waals surface area contributed by atoms with Crippen molar-refractivity contribution in [1.29, 1.82) is 0 Å². The molecule has 0 N–H and O–H groups in total. The molecule has 2 rings (SSSR count). The van der Waals surface area contributed by atoms with Crippen molar-refractivity contribution in [3.8, 4) is 0 Å². The predicted molar refractivity (Wildman–Crippen MR) is 63.1 cm³/mol. The maximum atomic E-state index is 5.89. The first-order chi connectivity index (χ1) is 7.16. The third kappa shape index (κ3) is 2.26. The quantitative estimate of drug-likeness (QED) is 0.725. The van der Waals surface area contributed by atoms with E-state index >= 15 is 0 Å². The molecule has 15 heavy (non-hydrogen) atoms. The topological polar surface area (TPSA) is 25.8 Å². The van der Waals surface area contributed by atoms with Gasteiger partial charge in [-0.25, -0.2) is 9.97 Å². The molecular formula is C12H13ClN2. The second kappa shape index (κ2) is 4.15. The molecule has 3 heteroatoms. The molecule has 1 aromatic heterocycles. The van der Waals surface area contributed by atoms with E-state index in [0.29, 0.717) is 11.2 Å². The average Bonchev–Trinajstić information content (AvgIpc) is 2.16. The second-order valence-corrected chi connectivity index (χ2v) is 4.39. The van der Waals surface area contributed by atoms with Crippen LogP contribution in [0.2, 0.25) is 5.28 Å². The Morgan fingerprint density at radius 2 is 1.93 bits per heavy atom. The zero-order chi connectivity index (χ0) is 10.8. The van der Waals surface area contributed by atoms with Crippen molar-refractivity contribution in [1.82, 2.24) is 9.97 Å². The van der Waals surface area contributed by atoms with Crippen LogP contribution in [0.3, 0.4) is 0 Å². The van der Waals surface area contributed by atoms with Gasteiger partial charge in [-0.15, -0.1) is 0 Å². The number of benzene rings is 1. The van der Waals surface area contributed by atoms with Gasteiger partial charge in [0.15, 0.2) is 0 Å². The zero-order valence-corrected chi connectivity index (χ0v) is 9.62. The fourth-order valence-electron chi connectivity index (χ4n) is 1.65. The van der Waals surface area contributed by atoms with E-state index in [0.717, 1.165) is 23.0 Å². The standard InChI is InChI=1S/C12H13ClN2/c1-8(2)7-11-9-5-3-4-6-10(9)14-12(13)15-11/h3-6,8H,7H2,1-2H3. The van der Waals surface area contributed by atoms with E-state index in [9.17, 15) is 0 Å². The van der Waals surface area contributed by atoms with Gasteiger partial charge in [-0.05, 0) is 30.0 Å². The van der Waals surface area contributed by atoms with E-state index in [1.807, 2.05) is 24.3 Å². The molecule has 0 fully saturated rings. The van der Waals surface area contributed by atoms with Crippen LogP contribution in [0.25, 0.3) is 10.9 Å². The van der Waals surface area contributed by atoms with Gasteiger partial charge < -0.3 is 0 Å². The molecule has 0 amide bonds. The van der Waals surface area contributed by atoms with Gasteiger partial charge in [0.1, 0.15) is 0 Å². The average molecular weight is 221 g/mol. The Bertz CT molecular complexity index is 480. The van der Waals surface area contributed by atoms with E-state index in [2.05, 4.69) is 23.8 Å². The minimum atomic E-state index is 0.337. The molecule has 0 atom stereocenters. The molecule has 0 aliphatic rings. The molecule has 0 spiro atoms. The molecule has 0 aliphatic heterocycles. The van der Waals surface area contributed by atoms with E-state index in [-0.39, 0.29) is 0 Å². The number of hydrogen-bond acceptors (Lipinski definition) is 2. The summed E-state index contributed by atoms with van der Waals surface area (Å²) in [6, 6.07) is 7.98. The van der Waals surface area contributed by atoms with Crippen LogP contribution in [0.5, 0.6) is 0 Å². The fraction of sp³-hybridized carbons (Fsp3) is 0.333. The first-order valence-electron chi connectivity index (χ1n) is 5.08. The number of rotatable bonds is 2. The van der Waals surface area contributed by atoms with Crippen molar-refractivity contribution in [3.63, 3.8) is 0 Å². The summed E-state index contributed by atoms with van der Waals surface area (Å²) < 4.78 is 0. The minimum Gasteiger partial charge on any atom is -0.222 e. The van der Waals surface area contributed by atoms with Crippen LogP contribution in [0.1, 0.15) is 19.5 Å². The summed E-state index contributed by atoms with van der Waals surface area (Å²) in [7, 11) is 0. The van der Waals surface area contributed by atoms with Gasteiger partial charge in [0.05, 0.1) is 11.2 Å². The van der Waals surface area contributed by atoms with Gasteiger partial charge in [0, 0.05) is 5.39 Å². The number of halogens is 1. The number of fused-ring (bicyclic) bond motifs is 1. The van der Waals surface area contributed by atoms with Crippen LogP contribution < -0.4 is 0 Å². The van der Waals surface area contributed by atoms with Crippen molar-refractivity contribution in [3.05, 3.63) is 35.2 Å². The summed E-state index contributed by atoms with van der Waals surface area (Å²) in [6.45, 7) is 4.34. The molecular weight excluding hydrogens is 208 g/mol. The number of nitrogens with zero attached hydrogens (tertiary/aromatic N) is 2. The molecule has 0 unspecified atom stereocenters. The van der Waals surface area contributed by atoms with Crippen molar-refractivity contribution in [2.24, 2.45) is 5.92 Å². The van der Waals surface area contributed by atoms with Gasteiger partial charge in [-0.2, -0.15) is 0 Å². The Hall–Kier alpha value is -1.15. The van der Waals surface area contributed by atoms with Crippen LogP contribution in [-0.2, 0) is 6.42 Å². The molecule has 78 valence electrons. The highest BCUT2D eigenvalue weighted by molar-refractivity contribution is 6.28. The van der Waals surface area contributed by atoms with E-state index in [1.54, 1.807) is 0 Å². The molecule has 0 saturated carbocycles. The van der Waals surface area contributed by atoms with Crippen LogP contribution in [-0.4, -0.2) is 9.97 Å². The molecule has 0 bridgehead atoms. The third-order valence-electron chi connectivity index (χ3n) is 2.26. The van der Waals surface area contributed by atoms with E-state index < -0.39 is 0 Å². The van der Waals surface area contributed by atoms with Crippen LogP contribution >= 0.6 is 11.6 Å². The summed E-state index contributed by atoms with van der Waals surface area (Å²) in [4.78, 5) is 8.49. The highest BCUT2D eigenvalue weighted by Gasteiger charge is 2.07. The monoisotopic (exact) mass is 220 g/mol. The first-order valence-corrected chi connectivity index (χ1v) is 5.46. The summed E-state index contributed by atoms with van der Waals surface area (Å²) in [5.41, 5.74) is 1.97. The minimum absolute atomic E-state index is 0.337. The second-order valence-electron chi connectivity index (χ2n) is 4.05. The third-order valence-corrected chi connectivity index (χ3v) is 2.43. The largest absolute Gasteiger partial charge is 0.223 e. The molecule has 1 aromatic carbocycles. The van der Waals surface area contributed by atoms with Crippen molar-refractivity contribution < 1.29 is 0 Å². The van der Waals surface area contributed by atoms with Gasteiger partial charge in [-0.1, -0.05) is 32.0 Å². The fourth-order valence-corrected chi connectivity index (χ4v) is 1.85. The highest BCUT2D eigenvalue weighted by atomic mass is 35.5. The van der Waals surface area contributed by atoms with Gasteiger partial charge in [-0.3, -0.25) is 0 Å². The Morgan fingerprint density at radius 3 is 2.67 bits per heavy atom. The lowest BCUT2D eigenvalue weighted by atomic mass is 10.0. The van der Waals surface area contributed by atoms with Gasteiger partial charge >= 0.3 is 0 Å². The number of para-hydroxylation sites is 1. The number of aromatic nitrogens is 2. The summed E-state index contributed by atoms with van der Waals surface area (Å²) >= 11 is 5.89. The van der Waals surface area contributed by atoms with Crippen molar-refractivity contribution in [2.45, 2.75) is 20.3 Å². The van der Waals surface area contributed by atoms with Gasteiger partial charge in [0.25, 0.3) is 0 Å². The maximum absolute atomic E-state index is 5.89. The molecule has 1 heterocycles. The Labute approximate surface area is 94.3 Å². The maximum Gasteiger partial charge on any atom is 0.223 e. The van der Waals surface area contributed by atoms with Crippen LogP contribution in [0, 0.1) is 5.92 Å². The number of hydrogen-bond donors (Lipinski definition) is 0. The Morgan fingerprint density at radius 1 is 1.20 bits per heavy atom. The summed E-state index contributed by atoms with van der Waals surface area (Å²) in [5.74, 6) is 0.569. The van der Waals surface area contributed by atoms with Crippen LogP contribution in [0.15, 0.2) is 24.3 Å². The Balaban J connectivity index is 2.60. The lowest BCUT2D eigenvalue weighted by Crippen LogP contribution is -2.00. The van der Waals surface area contributed by atoms with E-state index in [1.165, 1.54) is 0 Å². The molecule has 0 saturated heterocycles. The van der Waals surface area contributed by atoms with Crippen LogP contribution in [0.4, 0.5) is 0 Å². The first kappa shape index (κ1) is 10.4. The Kier molecular flexibility index (Phi) is 2.87. The lowest BCUT2D eigenvalue weighted by Gasteiger charge is -2.07. The SMILES string of the molecule is CC(C)Cc1nc(Cl)nc2ccccc12. The van der Waals surface area contributed by atoms with Crippen molar-refractivity contribution in [2.75, 3.05) is 0 Å². The normalized spacial score (nSPS) is 11.2. The smallest absolute Gasteiger partial charge is 0.222 e. The highest BCUT2D eigenvalue weighted by Crippen LogP contribution is 2.19. The summed E-state index contributed by atoms with van der Waals surface area (Å²) in [6.07, 6.45) is 0.933. The molecule has 0 radical (unpaired) electrons. The summed E-state index contributed by atoms with van der Waals surface area (Å²) in [5, 5.41) is 1.44.